The maximum absolute atomic E-state index is 12.1. The number of Topliss-reactive ketones (excluding diaryl/α,β-unsaturated/α-hetero) is 1. The third-order valence-electron chi connectivity index (χ3n) is 3.09. The number of ketones is 1. The molecule has 110 valence electrons. The molecule has 2 aromatic rings. The molecule has 0 fully saturated rings. The van der Waals surface area contributed by atoms with Crippen LogP contribution in [0.3, 0.4) is 0 Å². The van der Waals surface area contributed by atoms with Gasteiger partial charge in [-0.25, -0.2) is 0 Å². The van der Waals surface area contributed by atoms with Gasteiger partial charge in [-0.3, -0.25) is 14.9 Å². The number of benzene rings is 2. The van der Waals surface area contributed by atoms with Gasteiger partial charge in [0.25, 0.3) is 5.69 Å². The average Bonchev–Trinajstić information content (AvgIpc) is 2.53. The van der Waals surface area contributed by atoms with E-state index in [1.54, 1.807) is 31.2 Å². The lowest BCUT2D eigenvalue weighted by molar-refractivity contribution is -0.385. The Kier molecular flexibility index (Phi) is 4.49. The van der Waals surface area contributed by atoms with Crippen LogP contribution in [0.15, 0.2) is 42.5 Å². The molecule has 0 heterocycles. The highest BCUT2D eigenvalue weighted by Crippen LogP contribution is 2.20. The molecule has 0 N–H and O–H groups in total. The van der Waals surface area contributed by atoms with Crippen LogP contribution in [0.1, 0.15) is 21.5 Å². The van der Waals surface area contributed by atoms with Gasteiger partial charge in [-0.05, 0) is 19.1 Å². The van der Waals surface area contributed by atoms with Gasteiger partial charge >= 0.3 is 0 Å². The molecular formula is C16H12N2O4. The number of nitro groups is 1. The van der Waals surface area contributed by atoms with E-state index in [2.05, 4.69) is 0 Å². The van der Waals surface area contributed by atoms with Crippen molar-refractivity contribution in [3.8, 4) is 11.8 Å². The van der Waals surface area contributed by atoms with Crippen LogP contribution in [0.2, 0.25) is 0 Å². The normalized spacial score (nSPS) is 9.82. The lowest BCUT2D eigenvalue weighted by atomic mass is 10.1. The first-order chi connectivity index (χ1) is 10.5. The van der Waals surface area contributed by atoms with Crippen molar-refractivity contribution in [3.63, 3.8) is 0 Å². The molecule has 0 bridgehead atoms. The van der Waals surface area contributed by atoms with Crippen molar-refractivity contribution in [3.05, 3.63) is 69.3 Å². The molecule has 22 heavy (non-hydrogen) atoms. The smallest absolute Gasteiger partial charge is 0.273 e. The standard InChI is InChI=1S/C16H12N2O4/c1-11-6-7-12(8-14(11)18(20)21)15(19)10-22-16-5-3-2-4-13(16)9-17/h2-8H,10H2,1H3. The van der Waals surface area contributed by atoms with Gasteiger partial charge < -0.3 is 4.74 Å². The summed E-state index contributed by atoms with van der Waals surface area (Å²) in [6, 6.07) is 12.8. The number of rotatable bonds is 5. The largest absolute Gasteiger partial charge is 0.484 e. The van der Waals surface area contributed by atoms with Gasteiger partial charge in [0.1, 0.15) is 11.8 Å². The molecule has 0 spiro atoms. The van der Waals surface area contributed by atoms with Crippen molar-refractivity contribution in [2.45, 2.75) is 6.92 Å². The van der Waals surface area contributed by atoms with Gasteiger partial charge in [-0.1, -0.05) is 24.3 Å². The number of nitro benzene ring substituents is 1. The number of carbonyl (C=O) groups excluding carboxylic acids is 1. The van der Waals surface area contributed by atoms with E-state index >= 15 is 0 Å². The number of aryl methyl sites for hydroxylation is 1. The minimum Gasteiger partial charge on any atom is -0.484 e. The summed E-state index contributed by atoms with van der Waals surface area (Å²) in [5.41, 5.74) is 0.900. The van der Waals surface area contributed by atoms with Crippen LogP contribution >= 0.6 is 0 Å². The van der Waals surface area contributed by atoms with Gasteiger partial charge in [0.05, 0.1) is 10.5 Å². The Morgan fingerprint density at radius 1 is 1.32 bits per heavy atom. The van der Waals surface area contributed by atoms with Crippen molar-refractivity contribution in [2.75, 3.05) is 6.61 Å². The molecule has 0 aromatic heterocycles. The Bertz CT molecular complexity index is 778. The monoisotopic (exact) mass is 296 g/mol. The van der Waals surface area contributed by atoms with Crippen molar-refractivity contribution < 1.29 is 14.5 Å². The molecular weight excluding hydrogens is 284 g/mol. The van der Waals surface area contributed by atoms with E-state index in [9.17, 15) is 14.9 Å². The molecule has 0 aliphatic heterocycles. The van der Waals surface area contributed by atoms with Crippen LogP contribution < -0.4 is 4.74 Å². The van der Waals surface area contributed by atoms with E-state index < -0.39 is 10.7 Å². The molecule has 2 rings (SSSR count). The molecule has 0 aliphatic rings. The minimum absolute atomic E-state index is 0.108. The van der Waals surface area contributed by atoms with E-state index in [0.29, 0.717) is 16.9 Å². The van der Waals surface area contributed by atoms with Gasteiger partial charge in [-0.15, -0.1) is 0 Å². The van der Waals surface area contributed by atoms with E-state index in [-0.39, 0.29) is 17.9 Å². The van der Waals surface area contributed by atoms with Crippen LogP contribution in [0.5, 0.6) is 5.75 Å². The van der Waals surface area contributed by atoms with Crippen LogP contribution in [0.4, 0.5) is 5.69 Å². The predicted octanol–water partition coefficient (Wildman–Crippen LogP) is 3.04. The maximum Gasteiger partial charge on any atom is 0.273 e. The number of nitrogens with zero attached hydrogens (tertiary/aromatic N) is 2. The number of ether oxygens (including phenoxy) is 1. The molecule has 6 heteroatoms. The third-order valence-corrected chi connectivity index (χ3v) is 3.09. The summed E-state index contributed by atoms with van der Waals surface area (Å²) >= 11 is 0. The zero-order chi connectivity index (χ0) is 16.1. The lowest BCUT2D eigenvalue weighted by Crippen LogP contribution is -2.12. The van der Waals surface area contributed by atoms with Crippen LogP contribution in [0.25, 0.3) is 0 Å². The number of carbonyl (C=O) groups is 1. The fraction of sp³-hybridized carbons (Fsp3) is 0.125. The fourth-order valence-electron chi connectivity index (χ4n) is 1.89. The number of hydrogen-bond acceptors (Lipinski definition) is 5. The van der Waals surface area contributed by atoms with Gasteiger partial charge in [0.15, 0.2) is 12.4 Å². The average molecular weight is 296 g/mol. The van der Waals surface area contributed by atoms with Crippen LogP contribution in [-0.2, 0) is 0 Å². The second-order valence-electron chi connectivity index (χ2n) is 4.58. The Hall–Kier alpha value is -3.20. The Morgan fingerprint density at radius 2 is 2.05 bits per heavy atom. The summed E-state index contributed by atoms with van der Waals surface area (Å²) in [7, 11) is 0. The highest BCUT2D eigenvalue weighted by molar-refractivity contribution is 5.98. The van der Waals surface area contributed by atoms with Crippen LogP contribution in [0, 0.1) is 28.4 Å². The first-order valence-corrected chi connectivity index (χ1v) is 6.43. The zero-order valence-corrected chi connectivity index (χ0v) is 11.8. The second-order valence-corrected chi connectivity index (χ2v) is 4.58. The molecule has 0 aliphatic carbocycles. The van der Waals surface area contributed by atoms with Crippen LogP contribution in [-0.4, -0.2) is 17.3 Å². The topological polar surface area (TPSA) is 93.2 Å². The van der Waals surface area contributed by atoms with E-state index in [0.717, 1.165) is 0 Å². The molecule has 2 aromatic carbocycles. The van der Waals surface area contributed by atoms with Gasteiger partial charge in [0.2, 0.25) is 0 Å². The second kappa shape index (κ2) is 6.50. The summed E-state index contributed by atoms with van der Waals surface area (Å²) < 4.78 is 5.33. The highest BCUT2D eigenvalue weighted by atomic mass is 16.6. The molecule has 0 saturated carbocycles. The summed E-state index contributed by atoms with van der Waals surface area (Å²) in [5.74, 6) is -0.0872. The minimum atomic E-state index is -0.530. The van der Waals surface area contributed by atoms with E-state index in [1.165, 1.54) is 18.2 Å². The Labute approximate surface area is 126 Å². The fourth-order valence-corrected chi connectivity index (χ4v) is 1.89. The zero-order valence-electron chi connectivity index (χ0n) is 11.8. The first kappa shape index (κ1) is 15.2. The van der Waals surface area contributed by atoms with Crippen molar-refractivity contribution in [1.82, 2.24) is 0 Å². The van der Waals surface area contributed by atoms with Crippen molar-refractivity contribution >= 4 is 11.5 Å². The first-order valence-electron chi connectivity index (χ1n) is 6.43. The molecule has 0 amide bonds. The number of para-hydroxylation sites is 1. The van der Waals surface area contributed by atoms with Crippen molar-refractivity contribution in [1.29, 1.82) is 5.26 Å². The molecule has 0 unspecified atom stereocenters. The predicted molar refractivity (Wildman–Crippen MR) is 78.8 cm³/mol. The molecule has 0 atom stereocenters. The van der Waals surface area contributed by atoms with Gasteiger partial charge in [0, 0.05) is 17.2 Å². The summed E-state index contributed by atoms with van der Waals surface area (Å²) in [4.78, 5) is 22.4. The Balaban J connectivity index is 2.15. The summed E-state index contributed by atoms with van der Waals surface area (Å²) in [6.07, 6.45) is 0. The van der Waals surface area contributed by atoms with Crippen molar-refractivity contribution in [2.24, 2.45) is 0 Å². The maximum atomic E-state index is 12.1. The highest BCUT2D eigenvalue weighted by Gasteiger charge is 2.15. The molecule has 0 saturated heterocycles. The number of nitriles is 1. The summed E-state index contributed by atoms with van der Waals surface area (Å²) in [6.45, 7) is 1.31. The number of hydrogen-bond donors (Lipinski definition) is 0. The molecule has 0 radical (unpaired) electrons. The molecule has 6 nitrogen and oxygen atoms in total. The summed E-state index contributed by atoms with van der Waals surface area (Å²) in [5, 5.41) is 19.8. The SMILES string of the molecule is Cc1ccc(C(=O)COc2ccccc2C#N)cc1[N+](=O)[O-]. The lowest BCUT2D eigenvalue weighted by Gasteiger charge is -2.07. The quantitative estimate of drug-likeness (QED) is 0.480. The Morgan fingerprint density at radius 3 is 2.73 bits per heavy atom. The van der Waals surface area contributed by atoms with E-state index in [1.807, 2.05) is 6.07 Å². The van der Waals surface area contributed by atoms with E-state index in [4.69, 9.17) is 10.00 Å². The third kappa shape index (κ3) is 3.27. The van der Waals surface area contributed by atoms with Gasteiger partial charge in [-0.2, -0.15) is 5.26 Å².